The molecule has 0 saturated heterocycles. The lowest BCUT2D eigenvalue weighted by atomic mass is 9.83. The van der Waals surface area contributed by atoms with Crippen molar-refractivity contribution >= 4 is 11.6 Å². The van der Waals surface area contributed by atoms with Crippen LogP contribution < -0.4 is 0 Å². The zero-order valence-electron chi connectivity index (χ0n) is 18.2. The average Bonchev–Trinajstić information content (AvgIpc) is 3.35. The van der Waals surface area contributed by atoms with Gasteiger partial charge in [0.05, 0.1) is 11.1 Å². The van der Waals surface area contributed by atoms with E-state index in [4.69, 9.17) is 0 Å². The van der Waals surface area contributed by atoms with Crippen LogP contribution in [0, 0.1) is 11.8 Å². The highest BCUT2D eigenvalue weighted by Gasteiger charge is 2.32. The molecule has 10 nitrogen and oxygen atoms in total. The van der Waals surface area contributed by atoms with Gasteiger partial charge in [-0.05, 0) is 66.8 Å². The lowest BCUT2D eigenvalue weighted by molar-refractivity contribution is -0.122. The Labute approximate surface area is 171 Å². The molecule has 2 rings (SSSR count). The normalized spacial score (nSPS) is 14.6. The van der Waals surface area contributed by atoms with Crippen molar-refractivity contribution in [3.63, 3.8) is 0 Å². The molecule has 10 heteroatoms. The number of hydrogen-bond donors (Lipinski definition) is 0. The van der Waals surface area contributed by atoms with Crippen LogP contribution in [0.1, 0.15) is 73.6 Å². The molecule has 0 aliphatic carbocycles. The Kier molecular flexibility index (Phi) is 7.32. The molecule has 0 bridgehead atoms. The fourth-order valence-corrected chi connectivity index (χ4v) is 3.17. The number of hydrogen-bond acceptors (Lipinski definition) is 8. The summed E-state index contributed by atoms with van der Waals surface area (Å²) in [6.45, 7) is 12.1. The van der Waals surface area contributed by atoms with Crippen LogP contribution in [0.5, 0.6) is 0 Å². The maximum Gasteiger partial charge on any atom is 0.138 e. The van der Waals surface area contributed by atoms with E-state index in [0.29, 0.717) is 32.1 Å². The second kappa shape index (κ2) is 9.32. The van der Waals surface area contributed by atoms with Crippen LogP contribution >= 0.6 is 0 Å². The van der Waals surface area contributed by atoms with Crippen molar-refractivity contribution in [2.75, 3.05) is 0 Å². The van der Waals surface area contributed by atoms with Crippen LogP contribution in [0.15, 0.2) is 12.7 Å². The summed E-state index contributed by atoms with van der Waals surface area (Å²) in [5, 5.41) is 22.6. The Morgan fingerprint density at radius 2 is 1.17 bits per heavy atom. The molecule has 0 aliphatic heterocycles. The maximum atomic E-state index is 12.4. The van der Waals surface area contributed by atoms with E-state index in [1.807, 2.05) is 41.5 Å². The third kappa shape index (κ3) is 5.74. The number of ketones is 2. The molecular weight excluding hydrogens is 372 g/mol. The van der Waals surface area contributed by atoms with Crippen LogP contribution in [0.2, 0.25) is 0 Å². The van der Waals surface area contributed by atoms with Crippen LogP contribution in [0.3, 0.4) is 0 Å². The van der Waals surface area contributed by atoms with E-state index in [0.717, 1.165) is 0 Å². The Balaban J connectivity index is 1.75. The average molecular weight is 405 g/mol. The Hall–Kier alpha value is -2.52. The minimum absolute atomic E-state index is 0.0753. The highest BCUT2D eigenvalue weighted by molar-refractivity contribution is 5.81. The predicted molar refractivity (Wildman–Crippen MR) is 106 cm³/mol. The maximum absolute atomic E-state index is 12.4. The Morgan fingerprint density at radius 1 is 0.793 bits per heavy atom. The number of aromatic nitrogens is 8. The fourth-order valence-electron chi connectivity index (χ4n) is 3.17. The molecule has 2 aromatic rings. The smallest absolute Gasteiger partial charge is 0.138 e. The topological polar surface area (TPSA) is 121 Å². The van der Waals surface area contributed by atoms with E-state index in [9.17, 15) is 9.59 Å². The first-order chi connectivity index (χ1) is 13.5. The van der Waals surface area contributed by atoms with Gasteiger partial charge < -0.3 is 0 Å². The summed E-state index contributed by atoms with van der Waals surface area (Å²) in [6, 6.07) is 0. The molecule has 0 N–H and O–H groups in total. The van der Waals surface area contributed by atoms with Gasteiger partial charge in [0.25, 0.3) is 0 Å². The van der Waals surface area contributed by atoms with E-state index in [-0.39, 0.29) is 34.5 Å². The van der Waals surface area contributed by atoms with Gasteiger partial charge in [-0.25, -0.2) is 9.36 Å². The molecule has 0 aliphatic rings. The van der Waals surface area contributed by atoms with E-state index in [1.165, 1.54) is 0 Å². The summed E-state index contributed by atoms with van der Waals surface area (Å²) in [4.78, 5) is 24.8. The summed E-state index contributed by atoms with van der Waals surface area (Å²) in [7, 11) is 0. The van der Waals surface area contributed by atoms with Crippen molar-refractivity contribution in [2.45, 2.75) is 84.7 Å². The molecule has 160 valence electrons. The molecule has 2 atom stereocenters. The third-order valence-electron chi connectivity index (χ3n) is 6.27. The Morgan fingerprint density at radius 3 is 1.48 bits per heavy atom. The van der Waals surface area contributed by atoms with E-state index < -0.39 is 0 Å². The van der Waals surface area contributed by atoms with Gasteiger partial charge in [-0.2, -0.15) is 0 Å². The highest BCUT2D eigenvalue weighted by Crippen LogP contribution is 2.29. The van der Waals surface area contributed by atoms with Gasteiger partial charge in [-0.15, -0.1) is 10.2 Å². The molecule has 0 spiro atoms. The van der Waals surface area contributed by atoms with Gasteiger partial charge in [-0.1, -0.05) is 13.8 Å². The molecule has 2 unspecified atom stereocenters. The predicted octanol–water partition coefficient (Wildman–Crippen LogP) is 2.19. The van der Waals surface area contributed by atoms with Crippen molar-refractivity contribution in [3.8, 4) is 0 Å². The van der Waals surface area contributed by atoms with Crippen molar-refractivity contribution in [2.24, 2.45) is 11.8 Å². The lowest BCUT2D eigenvalue weighted by Crippen LogP contribution is -2.36. The SMILES string of the molecule is CC(CC(=O)CCCC(=O)CC(C)C(C)(C)n1cnnn1)C(C)(C)n1cnnn1. The van der Waals surface area contributed by atoms with Gasteiger partial charge in [0, 0.05) is 25.7 Å². The van der Waals surface area contributed by atoms with E-state index >= 15 is 0 Å². The summed E-state index contributed by atoms with van der Waals surface area (Å²) in [5.74, 6) is 0.472. The summed E-state index contributed by atoms with van der Waals surface area (Å²) < 4.78 is 3.37. The monoisotopic (exact) mass is 404 g/mol. The fraction of sp³-hybridized carbons (Fsp3) is 0.789. The van der Waals surface area contributed by atoms with Crippen LogP contribution in [0.25, 0.3) is 0 Å². The number of carbonyl (C=O) groups is 2. The zero-order chi connectivity index (χ0) is 21.7. The molecule has 29 heavy (non-hydrogen) atoms. The highest BCUT2D eigenvalue weighted by atomic mass is 16.1. The molecular formula is C19H32N8O2. The Bertz CT molecular complexity index is 717. The zero-order valence-corrected chi connectivity index (χ0v) is 18.2. The van der Waals surface area contributed by atoms with Crippen molar-refractivity contribution in [1.29, 1.82) is 0 Å². The summed E-state index contributed by atoms with van der Waals surface area (Å²) in [5.41, 5.74) is -0.710. The standard InChI is InChI=1S/C19H32N8O2/c1-14(18(3,4)26-12-20-22-24-26)10-16(28)8-7-9-17(29)11-15(2)19(5,6)27-13-21-23-25-27/h12-15H,7-11H2,1-6H3. The minimum Gasteiger partial charge on any atom is -0.300 e. The van der Waals surface area contributed by atoms with Crippen molar-refractivity contribution < 1.29 is 9.59 Å². The quantitative estimate of drug-likeness (QED) is 0.528. The van der Waals surface area contributed by atoms with Crippen molar-refractivity contribution in [1.82, 2.24) is 40.4 Å². The molecule has 0 radical (unpaired) electrons. The van der Waals surface area contributed by atoms with E-state index in [1.54, 1.807) is 22.0 Å². The summed E-state index contributed by atoms with van der Waals surface area (Å²) >= 11 is 0. The van der Waals surface area contributed by atoms with Crippen LogP contribution in [-0.4, -0.2) is 52.0 Å². The first-order valence-electron chi connectivity index (χ1n) is 10.1. The first kappa shape index (κ1) is 22.8. The summed E-state index contributed by atoms with van der Waals surface area (Å²) in [6.07, 6.45) is 5.40. The van der Waals surface area contributed by atoms with Gasteiger partial charge in [0.1, 0.15) is 24.2 Å². The van der Waals surface area contributed by atoms with Gasteiger partial charge in [0.15, 0.2) is 0 Å². The van der Waals surface area contributed by atoms with Crippen LogP contribution in [0.4, 0.5) is 0 Å². The molecule has 0 saturated carbocycles. The number of Topliss-reactive ketones (excluding diaryl/α,β-unsaturated/α-hetero) is 2. The second-order valence-corrected chi connectivity index (χ2v) is 8.96. The number of tetrazole rings is 2. The van der Waals surface area contributed by atoms with Gasteiger partial charge in [0.2, 0.25) is 0 Å². The minimum atomic E-state index is -0.355. The lowest BCUT2D eigenvalue weighted by Gasteiger charge is -2.31. The van der Waals surface area contributed by atoms with Gasteiger partial charge >= 0.3 is 0 Å². The molecule has 0 fully saturated rings. The second-order valence-electron chi connectivity index (χ2n) is 8.96. The van der Waals surface area contributed by atoms with Crippen LogP contribution in [-0.2, 0) is 20.7 Å². The molecule has 2 heterocycles. The van der Waals surface area contributed by atoms with Gasteiger partial charge in [-0.3, -0.25) is 9.59 Å². The molecule has 0 aromatic carbocycles. The molecule has 2 aromatic heterocycles. The largest absolute Gasteiger partial charge is 0.300 e. The van der Waals surface area contributed by atoms with Crippen molar-refractivity contribution in [3.05, 3.63) is 12.7 Å². The van der Waals surface area contributed by atoms with E-state index in [2.05, 4.69) is 31.1 Å². The number of nitrogens with zero attached hydrogens (tertiary/aromatic N) is 8. The third-order valence-corrected chi connectivity index (χ3v) is 6.27. The molecule has 0 amide bonds. The number of carbonyl (C=O) groups excluding carboxylic acids is 2. The first-order valence-corrected chi connectivity index (χ1v) is 10.1. The number of rotatable bonds is 12.